The van der Waals surface area contributed by atoms with Gasteiger partial charge >= 0.3 is 5.97 Å². The number of carbonyl (C=O) groups excluding carboxylic acids is 1. The number of esters is 1. The fourth-order valence-electron chi connectivity index (χ4n) is 4.80. The van der Waals surface area contributed by atoms with Crippen LogP contribution in [0.3, 0.4) is 0 Å². The summed E-state index contributed by atoms with van der Waals surface area (Å²) in [7, 11) is 0. The number of aromatic nitrogens is 5. The smallest absolute Gasteiger partial charge is 0.327 e. The lowest BCUT2D eigenvalue weighted by atomic mass is 10.1. The number of aromatic amines is 1. The third kappa shape index (κ3) is 7.08. The Bertz CT molecular complexity index is 1460. The van der Waals surface area contributed by atoms with Crippen molar-refractivity contribution in [3.8, 4) is 5.75 Å². The van der Waals surface area contributed by atoms with Crippen LogP contribution in [0.4, 0.5) is 0 Å². The number of pyridine rings is 1. The van der Waals surface area contributed by atoms with Crippen molar-refractivity contribution in [1.29, 1.82) is 0 Å². The highest BCUT2D eigenvalue weighted by Gasteiger charge is 2.26. The van der Waals surface area contributed by atoms with Crippen molar-refractivity contribution in [3.05, 3.63) is 81.4 Å². The van der Waals surface area contributed by atoms with E-state index >= 15 is 0 Å². The van der Waals surface area contributed by atoms with Crippen molar-refractivity contribution in [1.82, 2.24) is 30.1 Å². The van der Waals surface area contributed by atoms with Crippen LogP contribution in [0, 0.1) is 6.92 Å². The first-order chi connectivity index (χ1) is 18.9. The summed E-state index contributed by atoms with van der Waals surface area (Å²) in [5.41, 5.74) is 3.63. The van der Waals surface area contributed by atoms with Crippen molar-refractivity contribution in [2.75, 3.05) is 19.8 Å². The van der Waals surface area contributed by atoms with E-state index in [1.165, 1.54) is 15.8 Å². The molecule has 0 aliphatic heterocycles. The highest BCUT2D eigenvalue weighted by atomic mass is 16.5. The van der Waals surface area contributed by atoms with Crippen LogP contribution >= 0.6 is 0 Å². The van der Waals surface area contributed by atoms with Crippen LogP contribution in [0.15, 0.2) is 53.3 Å². The first kappa shape index (κ1) is 28.0. The number of aryl methyl sites for hydroxylation is 1. The molecule has 0 spiro atoms. The molecule has 0 saturated heterocycles. The zero-order valence-corrected chi connectivity index (χ0v) is 23.0. The molecule has 0 saturated carbocycles. The Morgan fingerprint density at radius 1 is 1.10 bits per heavy atom. The van der Waals surface area contributed by atoms with Crippen molar-refractivity contribution in [2.45, 2.75) is 59.7 Å². The Kier molecular flexibility index (Phi) is 9.43. The first-order valence-electron chi connectivity index (χ1n) is 13.4. The monoisotopic (exact) mass is 532 g/mol. The molecule has 0 fully saturated rings. The number of nitrogens with one attached hydrogen (secondary N) is 1. The lowest BCUT2D eigenvalue weighted by molar-refractivity contribution is -0.144. The van der Waals surface area contributed by atoms with Crippen LogP contribution in [0.2, 0.25) is 0 Å². The summed E-state index contributed by atoms with van der Waals surface area (Å²) in [6.45, 7) is 9.63. The minimum atomic E-state index is -0.400. The SMILES string of the molecule is CCOC(=O)Cn1nnnc1C(CC)N(CCc1cccc(C)c1)Cc1cc2cc(OCC)ccc2[nH]c1=O. The largest absolute Gasteiger partial charge is 0.494 e. The molecule has 1 N–H and O–H groups in total. The first-order valence-corrected chi connectivity index (χ1v) is 13.4. The van der Waals surface area contributed by atoms with E-state index in [2.05, 4.69) is 56.6 Å². The maximum atomic E-state index is 13.2. The van der Waals surface area contributed by atoms with Gasteiger partial charge in [-0.05, 0) is 73.9 Å². The van der Waals surface area contributed by atoms with E-state index in [0.717, 1.165) is 23.1 Å². The Morgan fingerprint density at radius 3 is 2.69 bits per heavy atom. The molecule has 10 nitrogen and oxygen atoms in total. The molecule has 4 aromatic rings. The maximum absolute atomic E-state index is 13.2. The second kappa shape index (κ2) is 13.1. The molecule has 206 valence electrons. The van der Waals surface area contributed by atoms with E-state index < -0.39 is 5.97 Å². The Hall–Kier alpha value is -4.05. The van der Waals surface area contributed by atoms with Gasteiger partial charge in [-0.2, -0.15) is 0 Å². The molecule has 4 rings (SSSR count). The third-order valence-electron chi connectivity index (χ3n) is 6.62. The molecule has 2 heterocycles. The molecule has 1 atom stereocenters. The summed E-state index contributed by atoms with van der Waals surface area (Å²) in [5, 5.41) is 13.1. The maximum Gasteiger partial charge on any atom is 0.327 e. The van der Waals surface area contributed by atoms with Crippen LogP contribution in [0.1, 0.15) is 55.7 Å². The Morgan fingerprint density at radius 2 is 1.95 bits per heavy atom. The van der Waals surface area contributed by atoms with Gasteiger partial charge in [-0.15, -0.1) is 5.10 Å². The normalized spacial score (nSPS) is 12.1. The fourth-order valence-corrected chi connectivity index (χ4v) is 4.80. The van der Waals surface area contributed by atoms with E-state index in [1.807, 2.05) is 38.1 Å². The van der Waals surface area contributed by atoms with Crippen molar-refractivity contribution < 1.29 is 14.3 Å². The number of fused-ring (bicyclic) bond motifs is 1. The molecule has 2 aromatic heterocycles. The van der Waals surface area contributed by atoms with Gasteiger partial charge in [0.1, 0.15) is 12.3 Å². The van der Waals surface area contributed by atoms with E-state index in [9.17, 15) is 9.59 Å². The summed E-state index contributed by atoms with van der Waals surface area (Å²) in [4.78, 5) is 30.6. The second-order valence-electron chi connectivity index (χ2n) is 9.44. The molecule has 39 heavy (non-hydrogen) atoms. The number of tetrazole rings is 1. The van der Waals surface area contributed by atoms with E-state index in [4.69, 9.17) is 9.47 Å². The second-order valence-corrected chi connectivity index (χ2v) is 9.44. The minimum Gasteiger partial charge on any atom is -0.494 e. The summed E-state index contributed by atoms with van der Waals surface area (Å²) in [6, 6.07) is 15.7. The molecule has 2 aromatic carbocycles. The van der Waals surface area contributed by atoms with E-state index in [0.29, 0.717) is 37.5 Å². The van der Waals surface area contributed by atoms with Gasteiger partial charge in [-0.3, -0.25) is 14.5 Å². The number of rotatable bonds is 13. The molecule has 1 unspecified atom stereocenters. The predicted molar refractivity (Wildman–Crippen MR) is 149 cm³/mol. The van der Waals surface area contributed by atoms with Gasteiger partial charge in [0.25, 0.3) is 5.56 Å². The highest BCUT2D eigenvalue weighted by molar-refractivity contribution is 5.80. The topological polar surface area (TPSA) is 115 Å². The van der Waals surface area contributed by atoms with Crippen LogP contribution in [0.5, 0.6) is 5.75 Å². The average Bonchev–Trinajstić information content (AvgIpc) is 3.36. The highest BCUT2D eigenvalue weighted by Crippen LogP contribution is 2.26. The van der Waals surface area contributed by atoms with Crippen LogP contribution in [-0.2, 0) is 29.0 Å². The number of hydrogen-bond acceptors (Lipinski definition) is 8. The lowest BCUT2D eigenvalue weighted by Crippen LogP contribution is -2.34. The minimum absolute atomic E-state index is 0.0742. The Labute approximate surface area is 227 Å². The standard InChI is InChI=1S/C29H36N6O4/c1-5-26(28-31-32-33-35(28)19-27(36)39-7-3)34(14-13-21-10-8-9-20(4)15-21)18-23-16-22-17-24(38-6-2)11-12-25(22)30-29(23)37/h8-12,15-17,26H,5-7,13-14,18-19H2,1-4H3,(H,30,37). The van der Waals surface area contributed by atoms with Gasteiger partial charge in [0, 0.05) is 29.6 Å². The van der Waals surface area contributed by atoms with E-state index in [1.54, 1.807) is 6.92 Å². The number of nitrogens with zero attached hydrogens (tertiary/aromatic N) is 5. The summed E-state index contributed by atoms with van der Waals surface area (Å²) in [5.74, 6) is 0.915. The van der Waals surface area contributed by atoms with Crippen molar-refractivity contribution >= 4 is 16.9 Å². The predicted octanol–water partition coefficient (Wildman–Crippen LogP) is 3.98. The summed E-state index contributed by atoms with van der Waals surface area (Å²) in [6.07, 6.45) is 1.45. The zero-order chi connectivity index (χ0) is 27.8. The van der Waals surface area contributed by atoms with Crippen LogP contribution in [-0.4, -0.2) is 55.8 Å². The average molecular weight is 533 g/mol. The van der Waals surface area contributed by atoms with Crippen LogP contribution < -0.4 is 10.3 Å². The number of hydrogen-bond donors (Lipinski definition) is 1. The molecule has 10 heteroatoms. The number of H-pyrrole nitrogens is 1. The van der Waals surface area contributed by atoms with Crippen molar-refractivity contribution in [2.24, 2.45) is 0 Å². The van der Waals surface area contributed by atoms with Gasteiger partial charge in [-0.25, -0.2) is 4.68 Å². The molecule has 0 bridgehead atoms. The molecule has 0 aliphatic rings. The fraction of sp³-hybridized carbons (Fsp3) is 0.414. The molecular formula is C29H36N6O4. The van der Waals surface area contributed by atoms with Gasteiger partial charge in [0.15, 0.2) is 5.82 Å². The van der Waals surface area contributed by atoms with Gasteiger partial charge in [0.2, 0.25) is 0 Å². The van der Waals surface area contributed by atoms with E-state index in [-0.39, 0.29) is 24.8 Å². The molecular weight excluding hydrogens is 496 g/mol. The van der Waals surface area contributed by atoms with Gasteiger partial charge in [0.05, 0.1) is 19.3 Å². The van der Waals surface area contributed by atoms with Crippen molar-refractivity contribution in [3.63, 3.8) is 0 Å². The molecule has 0 amide bonds. The third-order valence-corrected chi connectivity index (χ3v) is 6.62. The Balaban J connectivity index is 1.68. The number of ether oxygens (including phenoxy) is 2. The number of benzene rings is 2. The quantitative estimate of drug-likeness (QED) is 0.257. The molecule has 0 radical (unpaired) electrons. The molecule has 0 aliphatic carbocycles. The van der Waals surface area contributed by atoms with Crippen LogP contribution in [0.25, 0.3) is 10.9 Å². The summed E-state index contributed by atoms with van der Waals surface area (Å²) >= 11 is 0. The lowest BCUT2D eigenvalue weighted by Gasteiger charge is -2.30. The summed E-state index contributed by atoms with van der Waals surface area (Å²) < 4.78 is 12.3. The zero-order valence-electron chi connectivity index (χ0n) is 23.0. The van der Waals surface area contributed by atoms with Gasteiger partial charge in [-0.1, -0.05) is 36.8 Å². The number of carbonyl (C=O) groups is 1. The van der Waals surface area contributed by atoms with Gasteiger partial charge < -0.3 is 14.5 Å².